The Hall–Kier alpha value is -0.700. The van der Waals surface area contributed by atoms with Crippen LogP contribution < -0.4 is 0 Å². The summed E-state index contributed by atoms with van der Waals surface area (Å²) >= 11 is 0. The molecule has 0 aliphatic heterocycles. The summed E-state index contributed by atoms with van der Waals surface area (Å²) in [4.78, 5) is 0.290. The van der Waals surface area contributed by atoms with Gasteiger partial charge in [-0.3, -0.25) is 0 Å². The smallest absolute Gasteiger partial charge is 0.0597 e. The van der Waals surface area contributed by atoms with Gasteiger partial charge in [-0.15, -0.1) is 0 Å². The molecule has 0 N–H and O–H groups in total. The van der Waals surface area contributed by atoms with Crippen LogP contribution in [0.25, 0.3) is 11.1 Å². The van der Waals surface area contributed by atoms with Crippen molar-refractivity contribution in [2.24, 2.45) is 0 Å². The van der Waals surface area contributed by atoms with E-state index in [1.807, 2.05) is 0 Å². The highest BCUT2D eigenvalue weighted by Gasteiger charge is 2.47. The SMILES string of the molecule is CP(C)C1(P(C)C)c2ccccc2-c2ccccc21. The van der Waals surface area contributed by atoms with E-state index in [0.717, 1.165) is 0 Å². The van der Waals surface area contributed by atoms with Gasteiger partial charge in [-0.2, -0.15) is 0 Å². The first-order valence-electron chi connectivity index (χ1n) is 6.64. The molecule has 0 amide bonds. The number of rotatable bonds is 2. The first-order valence-corrected chi connectivity index (χ1v) is 11.1. The Bertz CT molecular complexity index is 559. The minimum atomic E-state index is -0.0697. The van der Waals surface area contributed by atoms with Gasteiger partial charge in [0, 0.05) is 0 Å². The zero-order chi connectivity index (χ0) is 13.6. The third-order valence-electron chi connectivity index (χ3n) is 4.19. The number of fused-ring (bicyclic) bond motifs is 3. The highest BCUT2D eigenvalue weighted by atomic mass is 31.2. The van der Waals surface area contributed by atoms with Crippen LogP contribution in [0.4, 0.5) is 0 Å². The van der Waals surface area contributed by atoms with Crippen LogP contribution in [0.5, 0.6) is 0 Å². The Balaban J connectivity index is 2.42. The van der Waals surface area contributed by atoms with E-state index >= 15 is 0 Å². The fourth-order valence-corrected chi connectivity index (χ4v) is 9.46. The van der Waals surface area contributed by atoms with E-state index in [1.54, 1.807) is 11.1 Å². The largest absolute Gasteiger partial charge is 0.0928 e. The Morgan fingerprint density at radius 1 is 0.632 bits per heavy atom. The quantitative estimate of drug-likeness (QED) is 0.653. The monoisotopic (exact) mass is 286 g/mol. The van der Waals surface area contributed by atoms with E-state index in [-0.39, 0.29) is 20.7 Å². The summed E-state index contributed by atoms with van der Waals surface area (Å²) in [6.45, 7) is 9.76. The maximum absolute atomic E-state index is 2.44. The van der Waals surface area contributed by atoms with Crippen LogP contribution in [-0.2, 0) is 4.90 Å². The van der Waals surface area contributed by atoms with Crippen LogP contribution in [0, 0.1) is 0 Å². The zero-order valence-electron chi connectivity index (χ0n) is 12.0. The van der Waals surface area contributed by atoms with Gasteiger partial charge in [0.05, 0.1) is 4.90 Å². The van der Waals surface area contributed by atoms with Crippen molar-refractivity contribution in [3.05, 3.63) is 59.7 Å². The molecule has 98 valence electrons. The van der Waals surface area contributed by atoms with Gasteiger partial charge < -0.3 is 0 Å². The van der Waals surface area contributed by atoms with Crippen molar-refractivity contribution in [2.45, 2.75) is 4.90 Å². The molecule has 2 aromatic rings. The van der Waals surface area contributed by atoms with Crippen LogP contribution >= 0.6 is 15.8 Å². The molecule has 0 fully saturated rings. The van der Waals surface area contributed by atoms with Crippen LogP contribution in [0.3, 0.4) is 0 Å². The molecular formula is C17H20P2. The molecule has 0 saturated carbocycles. The number of benzene rings is 2. The summed E-state index contributed by atoms with van der Waals surface area (Å²) < 4.78 is 0. The molecule has 1 aliphatic rings. The second-order valence-electron chi connectivity index (χ2n) is 5.55. The van der Waals surface area contributed by atoms with E-state index in [9.17, 15) is 0 Å². The predicted octanol–water partition coefficient (Wildman–Crippen LogP) is 5.35. The summed E-state index contributed by atoms with van der Waals surface area (Å²) in [5.74, 6) is 0. The lowest BCUT2D eigenvalue weighted by Gasteiger charge is -2.40. The van der Waals surface area contributed by atoms with Crippen LogP contribution in [0.15, 0.2) is 48.5 Å². The van der Waals surface area contributed by atoms with Crippen LogP contribution in [-0.4, -0.2) is 26.7 Å². The third-order valence-corrected chi connectivity index (χ3v) is 10.1. The molecule has 1 aliphatic carbocycles. The van der Waals surface area contributed by atoms with E-state index in [2.05, 4.69) is 75.2 Å². The minimum Gasteiger partial charge on any atom is -0.0928 e. The van der Waals surface area contributed by atoms with Crippen molar-refractivity contribution < 1.29 is 0 Å². The molecule has 0 saturated heterocycles. The maximum Gasteiger partial charge on any atom is 0.0597 e. The summed E-state index contributed by atoms with van der Waals surface area (Å²) in [6.07, 6.45) is 0. The van der Waals surface area contributed by atoms with E-state index in [4.69, 9.17) is 0 Å². The molecule has 19 heavy (non-hydrogen) atoms. The lowest BCUT2D eigenvalue weighted by Crippen LogP contribution is -2.19. The normalized spacial score (nSPS) is 15.7. The standard InChI is InChI=1S/C17H20P2/c1-18(2)17(19(3)4)15-11-7-5-9-13(15)14-10-6-8-12-16(14)17/h5-12H,1-4H3. The van der Waals surface area contributed by atoms with Gasteiger partial charge in [-0.25, -0.2) is 0 Å². The van der Waals surface area contributed by atoms with Gasteiger partial charge in [0.15, 0.2) is 0 Å². The van der Waals surface area contributed by atoms with E-state index in [1.165, 1.54) is 11.1 Å². The van der Waals surface area contributed by atoms with Crippen molar-refractivity contribution in [3.63, 3.8) is 0 Å². The van der Waals surface area contributed by atoms with Crippen LogP contribution in [0.2, 0.25) is 0 Å². The van der Waals surface area contributed by atoms with Crippen molar-refractivity contribution >= 4 is 15.8 Å². The molecule has 3 rings (SSSR count). The average molecular weight is 286 g/mol. The molecular weight excluding hydrogens is 266 g/mol. The Morgan fingerprint density at radius 2 is 1.00 bits per heavy atom. The lowest BCUT2D eigenvalue weighted by atomic mass is 10.1. The zero-order valence-corrected chi connectivity index (χ0v) is 13.8. The Labute approximate surface area is 118 Å². The molecule has 2 aromatic carbocycles. The van der Waals surface area contributed by atoms with E-state index < -0.39 is 0 Å². The second-order valence-corrected chi connectivity index (χ2v) is 10.8. The number of hydrogen-bond donors (Lipinski definition) is 0. The molecule has 2 heteroatoms. The molecule has 0 bridgehead atoms. The highest BCUT2D eigenvalue weighted by molar-refractivity contribution is 7.75. The number of hydrogen-bond acceptors (Lipinski definition) is 0. The molecule has 0 heterocycles. The maximum atomic E-state index is 2.44. The first kappa shape index (κ1) is 13.3. The first-order chi connectivity index (χ1) is 9.10. The predicted molar refractivity (Wildman–Crippen MR) is 90.2 cm³/mol. The third kappa shape index (κ3) is 1.67. The summed E-state index contributed by atoms with van der Waals surface area (Å²) in [6, 6.07) is 18.1. The van der Waals surface area contributed by atoms with Gasteiger partial charge >= 0.3 is 0 Å². The van der Waals surface area contributed by atoms with Gasteiger partial charge in [0.1, 0.15) is 0 Å². The Morgan fingerprint density at radius 3 is 1.37 bits per heavy atom. The second kappa shape index (κ2) is 4.69. The fourth-order valence-electron chi connectivity index (χ4n) is 3.55. The summed E-state index contributed by atoms with van der Waals surface area (Å²) in [5, 5.41) is 0. The topological polar surface area (TPSA) is 0 Å². The molecule has 0 atom stereocenters. The molecule has 0 radical (unpaired) electrons. The van der Waals surface area contributed by atoms with E-state index in [0.29, 0.717) is 0 Å². The molecule has 0 nitrogen and oxygen atoms in total. The van der Waals surface area contributed by atoms with Crippen molar-refractivity contribution in [2.75, 3.05) is 26.7 Å². The molecule has 0 unspecified atom stereocenters. The highest BCUT2D eigenvalue weighted by Crippen LogP contribution is 2.75. The van der Waals surface area contributed by atoms with Gasteiger partial charge in [-0.05, 0) is 48.9 Å². The van der Waals surface area contributed by atoms with Gasteiger partial charge in [-0.1, -0.05) is 64.4 Å². The molecule has 0 aromatic heterocycles. The Kier molecular flexibility index (Phi) is 3.28. The minimum absolute atomic E-state index is 0.0697. The van der Waals surface area contributed by atoms with Gasteiger partial charge in [0.2, 0.25) is 0 Å². The average Bonchev–Trinajstić information content (AvgIpc) is 2.70. The lowest BCUT2D eigenvalue weighted by molar-refractivity contribution is 1.08. The van der Waals surface area contributed by atoms with Crippen molar-refractivity contribution in [1.29, 1.82) is 0 Å². The summed E-state index contributed by atoms with van der Waals surface area (Å²) in [7, 11) is -0.139. The summed E-state index contributed by atoms with van der Waals surface area (Å²) in [5.41, 5.74) is 6.07. The van der Waals surface area contributed by atoms with Gasteiger partial charge in [0.25, 0.3) is 0 Å². The van der Waals surface area contributed by atoms with Crippen molar-refractivity contribution in [3.8, 4) is 11.1 Å². The fraction of sp³-hybridized carbons (Fsp3) is 0.294. The van der Waals surface area contributed by atoms with Crippen LogP contribution in [0.1, 0.15) is 11.1 Å². The molecule has 0 spiro atoms. The van der Waals surface area contributed by atoms with Crippen molar-refractivity contribution in [1.82, 2.24) is 0 Å².